The van der Waals surface area contributed by atoms with E-state index in [1.807, 2.05) is 0 Å². The molecule has 0 spiro atoms. The number of ether oxygens (including phenoxy) is 2. The molecule has 1 N–H and O–H groups in total. The maximum absolute atomic E-state index is 11.8. The third-order valence-corrected chi connectivity index (χ3v) is 2.71. The quantitative estimate of drug-likeness (QED) is 0.902. The molecule has 0 saturated heterocycles. The first-order chi connectivity index (χ1) is 9.31. The van der Waals surface area contributed by atoms with Crippen molar-refractivity contribution in [3.8, 4) is 11.5 Å². The number of rotatable bonds is 3. The molecule has 0 atom stereocenters. The summed E-state index contributed by atoms with van der Waals surface area (Å²) < 4.78 is 12.6. The Hall–Kier alpha value is -2.50. The van der Waals surface area contributed by atoms with Gasteiger partial charge in [0, 0.05) is 24.1 Å². The number of amides is 1. The molecule has 3 rings (SSSR count). The Kier molecular flexibility index (Phi) is 3.06. The number of hydrogen-bond acceptors (Lipinski definition) is 4. The zero-order valence-electron chi connectivity index (χ0n) is 10.2. The smallest absolute Gasteiger partial charge is 0.244 e. The molecule has 0 fully saturated rings. The van der Waals surface area contributed by atoms with Crippen LogP contribution in [-0.4, -0.2) is 28.7 Å². The topological polar surface area (TPSA) is 65.4 Å². The van der Waals surface area contributed by atoms with E-state index in [0.29, 0.717) is 30.4 Å². The van der Waals surface area contributed by atoms with Crippen LogP contribution in [0.15, 0.2) is 36.9 Å². The number of carbonyl (C=O) groups excluding carboxylic acids is 1. The van der Waals surface area contributed by atoms with Crippen LogP contribution in [0.4, 0.5) is 5.69 Å². The van der Waals surface area contributed by atoms with E-state index in [2.05, 4.69) is 10.3 Å². The second-order valence-corrected chi connectivity index (χ2v) is 4.14. The van der Waals surface area contributed by atoms with E-state index in [4.69, 9.17) is 9.47 Å². The summed E-state index contributed by atoms with van der Waals surface area (Å²) in [6.07, 6.45) is 4.98. The Bertz CT molecular complexity index is 581. The van der Waals surface area contributed by atoms with Gasteiger partial charge in [-0.05, 0) is 12.1 Å². The van der Waals surface area contributed by atoms with Crippen molar-refractivity contribution in [3.05, 3.63) is 36.9 Å². The molecule has 0 unspecified atom stereocenters. The van der Waals surface area contributed by atoms with Crippen LogP contribution in [0.1, 0.15) is 0 Å². The molecule has 1 amide bonds. The standard InChI is InChI=1S/C13H13N3O3/c17-13(8-16-4-3-14-9-16)15-10-1-2-11-12(7-10)19-6-5-18-11/h1-4,7,9H,5-6,8H2,(H,15,17). The van der Waals surface area contributed by atoms with Crippen LogP contribution in [0, 0.1) is 0 Å². The number of hydrogen-bond donors (Lipinski definition) is 1. The van der Waals surface area contributed by atoms with Crippen molar-refractivity contribution in [2.24, 2.45) is 0 Å². The zero-order valence-corrected chi connectivity index (χ0v) is 10.2. The Morgan fingerprint density at radius 1 is 1.32 bits per heavy atom. The van der Waals surface area contributed by atoms with Gasteiger partial charge in [0.25, 0.3) is 0 Å². The van der Waals surface area contributed by atoms with Crippen molar-refractivity contribution in [2.45, 2.75) is 6.54 Å². The largest absolute Gasteiger partial charge is 0.486 e. The van der Waals surface area contributed by atoms with E-state index in [1.54, 1.807) is 41.5 Å². The third kappa shape index (κ3) is 2.67. The lowest BCUT2D eigenvalue weighted by atomic mass is 10.2. The van der Waals surface area contributed by atoms with Gasteiger partial charge in [0.1, 0.15) is 19.8 Å². The SMILES string of the molecule is O=C(Cn1ccnc1)Nc1ccc2c(c1)OCCO2. The summed E-state index contributed by atoms with van der Waals surface area (Å²) in [7, 11) is 0. The first-order valence-corrected chi connectivity index (χ1v) is 5.96. The number of fused-ring (bicyclic) bond motifs is 1. The first-order valence-electron chi connectivity index (χ1n) is 5.96. The van der Waals surface area contributed by atoms with E-state index < -0.39 is 0 Å². The van der Waals surface area contributed by atoms with Crippen molar-refractivity contribution in [1.29, 1.82) is 0 Å². The molecule has 2 heterocycles. The molecular formula is C13H13N3O3. The van der Waals surface area contributed by atoms with Crippen LogP contribution in [0.3, 0.4) is 0 Å². The number of nitrogens with one attached hydrogen (secondary N) is 1. The molecule has 1 aliphatic heterocycles. The van der Waals surface area contributed by atoms with Crippen molar-refractivity contribution in [2.75, 3.05) is 18.5 Å². The second-order valence-electron chi connectivity index (χ2n) is 4.14. The molecule has 1 aliphatic rings. The highest BCUT2D eigenvalue weighted by molar-refractivity contribution is 5.90. The van der Waals surface area contributed by atoms with Gasteiger partial charge in [0.15, 0.2) is 11.5 Å². The summed E-state index contributed by atoms with van der Waals surface area (Å²) >= 11 is 0. The predicted molar refractivity (Wildman–Crippen MR) is 68.3 cm³/mol. The van der Waals surface area contributed by atoms with Gasteiger partial charge in [0.05, 0.1) is 6.33 Å². The fraction of sp³-hybridized carbons (Fsp3) is 0.231. The Morgan fingerprint density at radius 2 is 2.16 bits per heavy atom. The number of anilines is 1. The molecular weight excluding hydrogens is 246 g/mol. The molecule has 19 heavy (non-hydrogen) atoms. The van der Waals surface area contributed by atoms with E-state index in [-0.39, 0.29) is 12.5 Å². The summed E-state index contributed by atoms with van der Waals surface area (Å²) in [5.74, 6) is 1.25. The van der Waals surface area contributed by atoms with E-state index in [0.717, 1.165) is 0 Å². The highest BCUT2D eigenvalue weighted by atomic mass is 16.6. The average Bonchev–Trinajstić information content (AvgIpc) is 2.91. The number of imidazole rings is 1. The van der Waals surface area contributed by atoms with Crippen molar-refractivity contribution < 1.29 is 14.3 Å². The fourth-order valence-electron chi connectivity index (χ4n) is 1.87. The van der Waals surface area contributed by atoms with E-state index in [9.17, 15) is 4.79 Å². The van der Waals surface area contributed by atoms with Gasteiger partial charge in [-0.1, -0.05) is 0 Å². The summed E-state index contributed by atoms with van der Waals surface area (Å²) in [4.78, 5) is 15.7. The van der Waals surface area contributed by atoms with Crippen LogP contribution in [-0.2, 0) is 11.3 Å². The molecule has 0 aliphatic carbocycles. The van der Waals surface area contributed by atoms with Crippen LogP contribution in [0.2, 0.25) is 0 Å². The minimum atomic E-state index is -0.116. The molecule has 98 valence electrons. The Balaban J connectivity index is 1.67. The molecule has 0 radical (unpaired) electrons. The van der Waals surface area contributed by atoms with Gasteiger partial charge < -0.3 is 19.4 Å². The highest BCUT2D eigenvalue weighted by Gasteiger charge is 2.12. The lowest BCUT2D eigenvalue weighted by Crippen LogP contribution is -2.19. The predicted octanol–water partition coefficient (Wildman–Crippen LogP) is 1.29. The van der Waals surface area contributed by atoms with Crippen LogP contribution in [0.5, 0.6) is 11.5 Å². The zero-order chi connectivity index (χ0) is 13.1. The average molecular weight is 259 g/mol. The molecule has 6 nitrogen and oxygen atoms in total. The van der Waals surface area contributed by atoms with E-state index in [1.165, 1.54) is 0 Å². The van der Waals surface area contributed by atoms with Gasteiger partial charge >= 0.3 is 0 Å². The third-order valence-electron chi connectivity index (χ3n) is 2.71. The number of benzene rings is 1. The summed E-state index contributed by atoms with van der Waals surface area (Å²) in [5, 5.41) is 2.81. The maximum Gasteiger partial charge on any atom is 0.244 e. The normalized spacial score (nSPS) is 13.1. The van der Waals surface area contributed by atoms with Gasteiger partial charge in [-0.3, -0.25) is 4.79 Å². The van der Waals surface area contributed by atoms with Gasteiger partial charge in [-0.2, -0.15) is 0 Å². The van der Waals surface area contributed by atoms with E-state index >= 15 is 0 Å². The molecule has 6 heteroatoms. The summed E-state index contributed by atoms with van der Waals surface area (Å²) in [5.41, 5.74) is 0.689. The second kappa shape index (κ2) is 5.01. The Morgan fingerprint density at radius 3 is 2.95 bits per heavy atom. The van der Waals surface area contributed by atoms with Gasteiger partial charge in [-0.25, -0.2) is 4.98 Å². The van der Waals surface area contributed by atoms with Gasteiger partial charge in [0.2, 0.25) is 5.91 Å². The lowest BCUT2D eigenvalue weighted by Gasteiger charge is -2.19. The monoisotopic (exact) mass is 259 g/mol. The summed E-state index contributed by atoms with van der Waals surface area (Å²) in [6.45, 7) is 1.31. The van der Waals surface area contributed by atoms with Crippen LogP contribution < -0.4 is 14.8 Å². The molecule has 0 saturated carbocycles. The first kappa shape index (κ1) is 11.6. The number of nitrogens with zero attached hydrogens (tertiary/aromatic N) is 2. The Labute approximate surface area is 110 Å². The van der Waals surface area contributed by atoms with Crippen molar-refractivity contribution in [1.82, 2.24) is 9.55 Å². The molecule has 1 aromatic carbocycles. The minimum absolute atomic E-state index is 0.116. The maximum atomic E-state index is 11.8. The highest BCUT2D eigenvalue weighted by Crippen LogP contribution is 2.32. The summed E-state index contributed by atoms with van der Waals surface area (Å²) in [6, 6.07) is 5.35. The number of aromatic nitrogens is 2. The number of carbonyl (C=O) groups is 1. The van der Waals surface area contributed by atoms with Crippen molar-refractivity contribution >= 4 is 11.6 Å². The van der Waals surface area contributed by atoms with Crippen LogP contribution >= 0.6 is 0 Å². The van der Waals surface area contributed by atoms with Crippen LogP contribution in [0.25, 0.3) is 0 Å². The molecule has 2 aromatic rings. The molecule has 1 aromatic heterocycles. The fourth-order valence-corrected chi connectivity index (χ4v) is 1.87. The van der Waals surface area contributed by atoms with Gasteiger partial charge in [-0.15, -0.1) is 0 Å². The molecule has 0 bridgehead atoms. The minimum Gasteiger partial charge on any atom is -0.486 e. The van der Waals surface area contributed by atoms with Crippen molar-refractivity contribution in [3.63, 3.8) is 0 Å². The lowest BCUT2D eigenvalue weighted by molar-refractivity contribution is -0.116.